The summed E-state index contributed by atoms with van der Waals surface area (Å²) in [5, 5.41) is 9.15. The Labute approximate surface area is 226 Å². The van der Waals surface area contributed by atoms with E-state index in [0.29, 0.717) is 6.54 Å². The number of urea groups is 1. The number of nitrogens with zero attached hydrogens (tertiary/aromatic N) is 2. The third-order valence-electron chi connectivity index (χ3n) is 6.68. The number of rotatable bonds is 11. The maximum Gasteiger partial charge on any atom is 0.319 e. The Morgan fingerprint density at radius 1 is 0.868 bits per heavy atom. The predicted molar refractivity (Wildman–Crippen MR) is 158 cm³/mol. The van der Waals surface area contributed by atoms with Crippen molar-refractivity contribution in [2.24, 2.45) is 0 Å². The molecule has 1 heterocycles. The van der Waals surface area contributed by atoms with Crippen molar-refractivity contribution < 1.29 is 9.53 Å². The summed E-state index contributed by atoms with van der Waals surface area (Å²) in [6.45, 7) is 11.6. The lowest BCUT2D eigenvalue weighted by Gasteiger charge is -2.36. The molecule has 7 heteroatoms. The number of ether oxygens (including phenoxy) is 1. The van der Waals surface area contributed by atoms with E-state index in [-0.39, 0.29) is 6.03 Å². The highest BCUT2D eigenvalue weighted by Gasteiger charge is 2.19. The van der Waals surface area contributed by atoms with E-state index in [1.54, 1.807) is 7.11 Å². The summed E-state index contributed by atoms with van der Waals surface area (Å²) in [4.78, 5) is 17.2. The molecule has 200 valence electrons. The molecule has 1 saturated heterocycles. The molecule has 1 aliphatic rings. The van der Waals surface area contributed by atoms with Gasteiger partial charge in [0.05, 0.1) is 12.8 Å². The highest BCUT2D eigenvalue weighted by Crippen LogP contribution is 2.28. The van der Waals surface area contributed by atoms with Gasteiger partial charge in [-0.3, -0.25) is 4.90 Å². The first-order chi connectivity index (χ1) is 18.5. The van der Waals surface area contributed by atoms with Crippen molar-refractivity contribution in [3.8, 4) is 16.9 Å². The van der Waals surface area contributed by atoms with Crippen LogP contribution >= 0.6 is 0 Å². The van der Waals surface area contributed by atoms with Gasteiger partial charge in [-0.25, -0.2) is 4.79 Å². The molecule has 2 amide bonds. The Morgan fingerprint density at radius 2 is 1.63 bits per heavy atom. The molecule has 38 heavy (non-hydrogen) atoms. The minimum absolute atomic E-state index is 0.171. The number of benzene rings is 3. The van der Waals surface area contributed by atoms with Crippen LogP contribution in [-0.2, 0) is 0 Å². The monoisotopic (exact) mass is 513 g/mol. The van der Waals surface area contributed by atoms with Crippen molar-refractivity contribution in [3.63, 3.8) is 0 Å². The topological polar surface area (TPSA) is 68.9 Å². The highest BCUT2D eigenvalue weighted by molar-refractivity contribution is 5.89. The SMILES string of the molecule is C=C(C)Nc1cccc(-c2ccc(NC(=O)NCCCCN3CCN(c4ccccc4OC)CC3)cc2)c1. The van der Waals surface area contributed by atoms with Crippen molar-refractivity contribution in [2.45, 2.75) is 19.8 Å². The zero-order chi connectivity index (χ0) is 26.7. The average Bonchev–Trinajstić information content (AvgIpc) is 2.93. The van der Waals surface area contributed by atoms with E-state index in [0.717, 1.165) is 79.5 Å². The fraction of sp³-hybridized carbons (Fsp3) is 0.323. The third kappa shape index (κ3) is 7.76. The second kappa shape index (κ2) is 13.5. The Bertz CT molecular complexity index is 1200. The fourth-order valence-electron chi connectivity index (χ4n) is 4.71. The highest BCUT2D eigenvalue weighted by atomic mass is 16.5. The predicted octanol–water partition coefficient (Wildman–Crippen LogP) is 6.03. The van der Waals surface area contributed by atoms with Crippen LogP contribution in [0.25, 0.3) is 11.1 Å². The Balaban J connectivity index is 1.13. The molecule has 0 spiro atoms. The average molecular weight is 514 g/mol. The lowest BCUT2D eigenvalue weighted by atomic mass is 10.0. The Hall–Kier alpha value is -3.97. The van der Waals surface area contributed by atoms with Gasteiger partial charge >= 0.3 is 6.03 Å². The van der Waals surface area contributed by atoms with E-state index in [9.17, 15) is 4.79 Å². The minimum Gasteiger partial charge on any atom is -0.495 e. The number of hydrogen-bond acceptors (Lipinski definition) is 5. The lowest BCUT2D eigenvalue weighted by molar-refractivity contribution is 0.246. The van der Waals surface area contributed by atoms with Crippen molar-refractivity contribution in [2.75, 3.05) is 61.9 Å². The number of carbonyl (C=O) groups excluding carboxylic acids is 1. The van der Waals surface area contributed by atoms with Crippen LogP contribution in [-0.4, -0.2) is 57.3 Å². The first-order valence-corrected chi connectivity index (χ1v) is 13.3. The Morgan fingerprint density at radius 3 is 2.37 bits per heavy atom. The first-order valence-electron chi connectivity index (χ1n) is 13.3. The Kier molecular flexibility index (Phi) is 9.65. The number of methoxy groups -OCH3 is 1. The molecule has 3 aromatic rings. The minimum atomic E-state index is -0.171. The van der Waals surface area contributed by atoms with E-state index in [1.165, 1.54) is 5.69 Å². The van der Waals surface area contributed by atoms with Gasteiger partial charge < -0.3 is 25.6 Å². The maximum absolute atomic E-state index is 12.3. The lowest BCUT2D eigenvalue weighted by Crippen LogP contribution is -2.46. The summed E-state index contributed by atoms with van der Waals surface area (Å²) in [5.74, 6) is 0.933. The summed E-state index contributed by atoms with van der Waals surface area (Å²) < 4.78 is 5.51. The largest absolute Gasteiger partial charge is 0.495 e. The molecular weight excluding hydrogens is 474 g/mol. The van der Waals surface area contributed by atoms with E-state index in [1.807, 2.05) is 55.5 Å². The smallest absolute Gasteiger partial charge is 0.319 e. The number of unbranched alkanes of at least 4 members (excludes halogenated alkanes) is 1. The summed E-state index contributed by atoms with van der Waals surface area (Å²) in [6, 6.07) is 24.1. The van der Waals surface area contributed by atoms with E-state index in [4.69, 9.17) is 4.74 Å². The molecule has 0 aliphatic carbocycles. The summed E-state index contributed by atoms with van der Waals surface area (Å²) >= 11 is 0. The van der Waals surface area contributed by atoms with Crippen molar-refractivity contribution in [3.05, 3.63) is 85.1 Å². The summed E-state index contributed by atoms with van der Waals surface area (Å²) in [7, 11) is 1.73. The molecule has 0 bridgehead atoms. The van der Waals surface area contributed by atoms with Gasteiger partial charge in [0, 0.05) is 49.8 Å². The van der Waals surface area contributed by atoms with Gasteiger partial charge in [0.2, 0.25) is 0 Å². The number of para-hydroxylation sites is 2. The molecule has 7 nitrogen and oxygen atoms in total. The number of allylic oxidation sites excluding steroid dienone is 1. The van der Waals surface area contributed by atoms with Crippen LogP contribution in [0.2, 0.25) is 0 Å². The van der Waals surface area contributed by atoms with Crippen molar-refractivity contribution in [1.82, 2.24) is 10.2 Å². The van der Waals surface area contributed by atoms with E-state index >= 15 is 0 Å². The second-order valence-corrected chi connectivity index (χ2v) is 9.65. The number of hydrogen-bond donors (Lipinski definition) is 3. The number of anilines is 3. The van der Waals surface area contributed by atoms with Gasteiger partial charge in [0.25, 0.3) is 0 Å². The zero-order valence-electron chi connectivity index (χ0n) is 22.5. The first kappa shape index (κ1) is 27.1. The normalized spacial score (nSPS) is 13.6. The molecule has 3 aromatic carbocycles. The van der Waals surface area contributed by atoms with E-state index in [2.05, 4.69) is 56.6 Å². The number of carbonyl (C=O) groups is 1. The second-order valence-electron chi connectivity index (χ2n) is 9.65. The summed E-state index contributed by atoms with van der Waals surface area (Å²) in [5.41, 5.74) is 6.04. The van der Waals surface area contributed by atoms with Gasteiger partial charge in [-0.15, -0.1) is 0 Å². The quantitative estimate of drug-likeness (QED) is 0.273. The summed E-state index contributed by atoms with van der Waals surface area (Å²) in [6.07, 6.45) is 2.01. The molecule has 0 unspecified atom stereocenters. The van der Waals surface area contributed by atoms with E-state index < -0.39 is 0 Å². The number of nitrogens with one attached hydrogen (secondary N) is 3. The maximum atomic E-state index is 12.3. The molecule has 0 aromatic heterocycles. The molecule has 1 fully saturated rings. The van der Waals surface area contributed by atoms with Crippen LogP contribution in [0.5, 0.6) is 5.75 Å². The molecule has 3 N–H and O–H groups in total. The molecule has 0 radical (unpaired) electrons. The van der Waals surface area contributed by atoms with Gasteiger partial charge in [-0.2, -0.15) is 0 Å². The van der Waals surface area contributed by atoms with Gasteiger partial charge in [-0.1, -0.05) is 43.0 Å². The van der Waals surface area contributed by atoms with Crippen LogP contribution in [0.4, 0.5) is 21.9 Å². The molecule has 1 aliphatic heterocycles. The van der Waals surface area contributed by atoms with Gasteiger partial charge in [0.1, 0.15) is 5.75 Å². The molecule has 4 rings (SSSR count). The zero-order valence-corrected chi connectivity index (χ0v) is 22.5. The van der Waals surface area contributed by atoms with Crippen molar-refractivity contribution in [1.29, 1.82) is 0 Å². The number of piperazine rings is 1. The number of amides is 2. The van der Waals surface area contributed by atoms with Crippen LogP contribution in [0.1, 0.15) is 19.8 Å². The van der Waals surface area contributed by atoms with Crippen molar-refractivity contribution >= 4 is 23.1 Å². The molecule has 0 atom stereocenters. The van der Waals surface area contributed by atoms with Crippen LogP contribution in [0.15, 0.2) is 85.1 Å². The van der Waals surface area contributed by atoms with Crippen LogP contribution < -0.4 is 25.6 Å². The van der Waals surface area contributed by atoms with Gasteiger partial charge in [0.15, 0.2) is 0 Å². The van der Waals surface area contributed by atoms with Crippen LogP contribution in [0, 0.1) is 0 Å². The van der Waals surface area contributed by atoms with Gasteiger partial charge in [-0.05, 0) is 73.8 Å². The standard InChI is InChI=1S/C31H39N5O2/c1-24(2)33-28-10-8-9-26(23-28)25-13-15-27(16-14-25)34-31(37)32-17-6-7-18-35-19-21-36(22-20-35)29-11-4-5-12-30(29)38-3/h4-5,8-16,23,33H,1,6-7,17-22H2,2-3H3,(H2,32,34,37). The van der Waals surface area contributed by atoms with Crippen LogP contribution in [0.3, 0.4) is 0 Å². The molecular formula is C31H39N5O2. The third-order valence-corrected chi connectivity index (χ3v) is 6.68. The molecule has 0 saturated carbocycles. The fourth-order valence-corrected chi connectivity index (χ4v) is 4.71.